The molecule has 7 nitrogen and oxygen atoms in total. The smallest absolute Gasteiger partial charge is 0.279 e. The second-order valence-electron chi connectivity index (χ2n) is 6.10. The zero-order chi connectivity index (χ0) is 19.6. The molecule has 0 fully saturated rings. The lowest BCUT2D eigenvalue weighted by atomic mass is 10.3. The summed E-state index contributed by atoms with van der Waals surface area (Å²) in [5, 5.41) is 5.62. The Hall–Kier alpha value is -3.06. The summed E-state index contributed by atoms with van der Waals surface area (Å²) < 4.78 is 10.5. The van der Waals surface area contributed by atoms with E-state index < -0.39 is 0 Å². The van der Waals surface area contributed by atoms with E-state index in [1.165, 1.54) is 0 Å². The molecule has 27 heavy (non-hydrogen) atoms. The van der Waals surface area contributed by atoms with Gasteiger partial charge in [-0.3, -0.25) is 9.59 Å². The highest BCUT2D eigenvalue weighted by molar-refractivity contribution is 5.93. The van der Waals surface area contributed by atoms with E-state index in [0.29, 0.717) is 23.7 Å². The van der Waals surface area contributed by atoms with Gasteiger partial charge in [0.15, 0.2) is 13.1 Å². The molecule has 0 spiro atoms. The van der Waals surface area contributed by atoms with Gasteiger partial charge in [-0.25, -0.2) is 0 Å². The highest BCUT2D eigenvalue weighted by Gasteiger charge is 2.14. The van der Waals surface area contributed by atoms with Crippen molar-refractivity contribution in [1.29, 1.82) is 0 Å². The van der Waals surface area contributed by atoms with Crippen LogP contribution in [0.4, 0.5) is 11.4 Å². The van der Waals surface area contributed by atoms with Crippen LogP contribution in [0.5, 0.6) is 11.5 Å². The molecule has 0 radical (unpaired) electrons. The van der Waals surface area contributed by atoms with Gasteiger partial charge in [0, 0.05) is 17.4 Å². The van der Waals surface area contributed by atoms with Crippen LogP contribution in [0.25, 0.3) is 0 Å². The number of hydrogen-bond acceptors (Lipinski definition) is 4. The van der Waals surface area contributed by atoms with Gasteiger partial charge in [0.05, 0.1) is 20.8 Å². The Labute approximate surface area is 159 Å². The molecule has 0 heterocycles. The van der Waals surface area contributed by atoms with E-state index in [1.54, 1.807) is 62.7 Å². The number of ether oxygens (including phenoxy) is 2. The maximum Gasteiger partial charge on any atom is 0.279 e. The maximum absolute atomic E-state index is 12.1. The first kappa shape index (κ1) is 20.3. The number of nitrogens with one attached hydrogen (secondary N) is 3. The molecule has 1 atom stereocenters. The van der Waals surface area contributed by atoms with Gasteiger partial charge in [-0.15, -0.1) is 0 Å². The molecular weight excluding hydrogens is 346 g/mol. The van der Waals surface area contributed by atoms with Crippen molar-refractivity contribution in [3.63, 3.8) is 0 Å². The lowest BCUT2D eigenvalue weighted by Crippen LogP contribution is -3.11. The first-order chi connectivity index (χ1) is 13.0. The summed E-state index contributed by atoms with van der Waals surface area (Å²) in [4.78, 5) is 25.1. The lowest BCUT2D eigenvalue weighted by Gasteiger charge is -2.14. The Balaban J connectivity index is 1.78. The summed E-state index contributed by atoms with van der Waals surface area (Å²) in [6.45, 7) is 2.86. The molecule has 3 N–H and O–H groups in total. The van der Waals surface area contributed by atoms with E-state index >= 15 is 0 Å². The molecular formula is C20H26N3O4+. The van der Waals surface area contributed by atoms with E-state index in [2.05, 4.69) is 10.6 Å². The van der Waals surface area contributed by atoms with Crippen LogP contribution in [0.15, 0.2) is 48.5 Å². The first-order valence-electron chi connectivity index (χ1n) is 8.78. The average molecular weight is 372 g/mol. The molecule has 7 heteroatoms. The van der Waals surface area contributed by atoms with Crippen molar-refractivity contribution in [2.24, 2.45) is 0 Å². The van der Waals surface area contributed by atoms with Crippen LogP contribution >= 0.6 is 0 Å². The van der Waals surface area contributed by atoms with Crippen molar-refractivity contribution in [3.8, 4) is 11.5 Å². The number of carbonyl (C=O) groups is 2. The van der Waals surface area contributed by atoms with Crippen LogP contribution in [-0.4, -0.2) is 45.7 Å². The number of carbonyl (C=O) groups excluding carboxylic acids is 2. The zero-order valence-electron chi connectivity index (χ0n) is 15.9. The summed E-state index contributed by atoms with van der Waals surface area (Å²) >= 11 is 0. The third-order valence-electron chi connectivity index (χ3n) is 3.73. The Morgan fingerprint density at radius 3 is 2.15 bits per heavy atom. The minimum Gasteiger partial charge on any atom is -0.497 e. The van der Waals surface area contributed by atoms with E-state index in [4.69, 9.17) is 9.47 Å². The first-order valence-corrected chi connectivity index (χ1v) is 8.78. The number of likely N-dealkylation sites (N-methyl/N-ethyl adjacent to an activating group) is 1. The number of rotatable bonds is 9. The van der Waals surface area contributed by atoms with E-state index in [1.807, 2.05) is 6.92 Å². The molecule has 0 bridgehead atoms. The van der Waals surface area contributed by atoms with Crippen molar-refractivity contribution in [2.45, 2.75) is 6.92 Å². The van der Waals surface area contributed by atoms with Crippen molar-refractivity contribution in [1.82, 2.24) is 0 Å². The standard InChI is InChI=1S/C20H25N3O4/c1-4-27-17-10-8-15(9-11-17)21-19(24)13-23(2)14-20(25)22-16-6-5-7-18(12-16)26-3/h5-12H,4,13-14H2,1-3H3,(H,21,24)(H,22,25)/p+1. The summed E-state index contributed by atoms with van der Waals surface area (Å²) in [5.74, 6) is 1.09. The molecule has 0 saturated heterocycles. The van der Waals surface area contributed by atoms with Crippen molar-refractivity contribution < 1.29 is 24.0 Å². The molecule has 0 saturated carbocycles. The van der Waals surface area contributed by atoms with Crippen LogP contribution in [0.2, 0.25) is 0 Å². The van der Waals surface area contributed by atoms with Crippen LogP contribution in [0.3, 0.4) is 0 Å². The molecule has 1 unspecified atom stereocenters. The minimum absolute atomic E-state index is 0.161. The van der Waals surface area contributed by atoms with Gasteiger partial charge in [0.2, 0.25) is 0 Å². The van der Waals surface area contributed by atoms with Gasteiger partial charge < -0.3 is 25.0 Å². The molecule has 0 aromatic heterocycles. The molecule has 2 amide bonds. The largest absolute Gasteiger partial charge is 0.497 e. The van der Waals surface area contributed by atoms with Gasteiger partial charge in [0.1, 0.15) is 11.5 Å². The van der Waals surface area contributed by atoms with Gasteiger partial charge in [0.25, 0.3) is 11.8 Å². The molecule has 2 rings (SSSR count). The fourth-order valence-corrected chi connectivity index (χ4v) is 2.52. The summed E-state index contributed by atoms with van der Waals surface area (Å²) in [7, 11) is 3.37. The second-order valence-corrected chi connectivity index (χ2v) is 6.10. The van der Waals surface area contributed by atoms with E-state index in [-0.39, 0.29) is 24.9 Å². The highest BCUT2D eigenvalue weighted by Crippen LogP contribution is 2.16. The maximum atomic E-state index is 12.1. The normalized spacial score (nSPS) is 11.4. The minimum atomic E-state index is -0.172. The Morgan fingerprint density at radius 1 is 0.926 bits per heavy atom. The van der Waals surface area contributed by atoms with Crippen molar-refractivity contribution in [2.75, 3.05) is 44.5 Å². The van der Waals surface area contributed by atoms with E-state index in [9.17, 15) is 9.59 Å². The summed E-state index contributed by atoms with van der Waals surface area (Å²) in [6.07, 6.45) is 0. The van der Waals surface area contributed by atoms with Crippen LogP contribution in [0.1, 0.15) is 6.92 Å². The molecule has 0 aliphatic heterocycles. The molecule has 2 aromatic rings. The predicted molar refractivity (Wildman–Crippen MR) is 104 cm³/mol. The molecule has 2 aromatic carbocycles. The number of quaternary nitrogens is 1. The Morgan fingerprint density at radius 2 is 1.56 bits per heavy atom. The van der Waals surface area contributed by atoms with Gasteiger partial charge in [-0.2, -0.15) is 0 Å². The number of benzene rings is 2. The SMILES string of the molecule is CCOc1ccc(NC(=O)C[NH+](C)CC(=O)Nc2cccc(OC)c2)cc1. The monoisotopic (exact) mass is 372 g/mol. The topological polar surface area (TPSA) is 81.1 Å². The van der Waals surface area contributed by atoms with Crippen LogP contribution in [-0.2, 0) is 9.59 Å². The van der Waals surface area contributed by atoms with Crippen LogP contribution in [0, 0.1) is 0 Å². The third-order valence-corrected chi connectivity index (χ3v) is 3.73. The van der Waals surface area contributed by atoms with Gasteiger partial charge in [-0.05, 0) is 43.3 Å². The zero-order valence-corrected chi connectivity index (χ0v) is 15.9. The molecule has 144 valence electrons. The predicted octanol–water partition coefficient (Wildman–Crippen LogP) is 1.19. The quantitative estimate of drug-likeness (QED) is 0.618. The fourth-order valence-electron chi connectivity index (χ4n) is 2.52. The van der Waals surface area contributed by atoms with E-state index in [0.717, 1.165) is 10.6 Å². The third kappa shape index (κ3) is 6.99. The van der Waals surface area contributed by atoms with Crippen LogP contribution < -0.4 is 25.0 Å². The summed E-state index contributed by atoms with van der Waals surface area (Å²) in [5.41, 5.74) is 1.35. The summed E-state index contributed by atoms with van der Waals surface area (Å²) in [6, 6.07) is 14.3. The number of amides is 2. The average Bonchev–Trinajstić information content (AvgIpc) is 2.63. The number of anilines is 2. The lowest BCUT2D eigenvalue weighted by molar-refractivity contribution is -0.862. The van der Waals surface area contributed by atoms with Crippen molar-refractivity contribution >= 4 is 23.2 Å². The second kappa shape index (κ2) is 10.2. The van der Waals surface area contributed by atoms with Crippen molar-refractivity contribution in [3.05, 3.63) is 48.5 Å². The van der Waals surface area contributed by atoms with Gasteiger partial charge >= 0.3 is 0 Å². The number of hydrogen-bond donors (Lipinski definition) is 3. The number of methoxy groups -OCH3 is 1. The van der Waals surface area contributed by atoms with Gasteiger partial charge in [-0.1, -0.05) is 6.07 Å². The Bertz CT molecular complexity index is 762. The highest BCUT2D eigenvalue weighted by atomic mass is 16.5. The molecule has 0 aliphatic rings. The Kier molecular flexibility index (Phi) is 7.63. The molecule has 0 aliphatic carbocycles. The fraction of sp³-hybridized carbons (Fsp3) is 0.300.